The Hall–Kier alpha value is -1.48. The molecule has 0 saturated carbocycles. The maximum atomic E-state index is 13.3. The summed E-state index contributed by atoms with van der Waals surface area (Å²) in [7, 11) is 0.301. The maximum Gasteiger partial charge on any atom is 0.229 e. The molecule has 172 valence electrons. The minimum atomic E-state index is -3.35. The number of sulfonamides is 1. The van der Waals surface area contributed by atoms with Gasteiger partial charge in [0, 0.05) is 39.3 Å². The van der Waals surface area contributed by atoms with Crippen LogP contribution in [-0.2, 0) is 25.3 Å². The summed E-state index contributed by atoms with van der Waals surface area (Å²) >= 11 is 0. The van der Waals surface area contributed by atoms with Crippen molar-refractivity contribution in [2.24, 2.45) is 5.41 Å². The summed E-state index contributed by atoms with van der Waals surface area (Å²) in [4.78, 5) is 17.7. The van der Waals surface area contributed by atoms with Crippen molar-refractivity contribution in [3.05, 3.63) is 35.9 Å². The van der Waals surface area contributed by atoms with Crippen LogP contribution in [0.1, 0.15) is 37.7 Å². The number of hydrogen-bond donors (Lipinski definition) is 0. The van der Waals surface area contributed by atoms with E-state index in [0.29, 0.717) is 13.1 Å². The third-order valence-electron chi connectivity index (χ3n) is 7.80. The summed E-state index contributed by atoms with van der Waals surface area (Å²) in [6.07, 6.45) is 4.08. The Balaban J connectivity index is 1.40. The van der Waals surface area contributed by atoms with Crippen molar-refractivity contribution in [2.75, 3.05) is 53.5 Å². The van der Waals surface area contributed by atoms with Gasteiger partial charge in [-0.25, -0.2) is 12.7 Å². The highest BCUT2D eigenvalue weighted by atomic mass is 32.2. The van der Waals surface area contributed by atoms with Gasteiger partial charge in [0.25, 0.3) is 0 Å². The number of carbonyl (C=O) groups is 1. The van der Waals surface area contributed by atoms with E-state index in [9.17, 15) is 13.2 Å². The molecule has 3 aliphatic heterocycles. The Morgan fingerprint density at radius 3 is 2.26 bits per heavy atom. The predicted molar refractivity (Wildman–Crippen MR) is 120 cm³/mol. The van der Waals surface area contributed by atoms with Crippen LogP contribution in [0.25, 0.3) is 0 Å². The van der Waals surface area contributed by atoms with Gasteiger partial charge in [0.2, 0.25) is 15.9 Å². The van der Waals surface area contributed by atoms with E-state index >= 15 is 0 Å². The number of ether oxygens (including phenoxy) is 1. The first-order chi connectivity index (χ1) is 14.8. The van der Waals surface area contributed by atoms with E-state index in [1.807, 2.05) is 42.3 Å². The van der Waals surface area contributed by atoms with Gasteiger partial charge in [-0.1, -0.05) is 30.3 Å². The molecule has 3 aliphatic rings. The van der Waals surface area contributed by atoms with Crippen molar-refractivity contribution in [2.45, 2.75) is 43.4 Å². The van der Waals surface area contributed by atoms with Crippen LogP contribution in [0.15, 0.2) is 30.3 Å². The van der Waals surface area contributed by atoms with Crippen LogP contribution in [0.2, 0.25) is 0 Å². The van der Waals surface area contributed by atoms with Crippen molar-refractivity contribution in [1.82, 2.24) is 14.1 Å². The molecule has 3 heterocycles. The number of amides is 1. The van der Waals surface area contributed by atoms with Gasteiger partial charge in [-0.2, -0.15) is 0 Å². The van der Waals surface area contributed by atoms with E-state index in [2.05, 4.69) is 4.90 Å². The molecule has 4 rings (SSSR count). The lowest BCUT2D eigenvalue weighted by molar-refractivity contribution is -0.139. The van der Waals surface area contributed by atoms with Gasteiger partial charge < -0.3 is 14.5 Å². The summed E-state index contributed by atoms with van der Waals surface area (Å²) in [5.41, 5.74) is 0.337. The predicted octanol–water partition coefficient (Wildman–Crippen LogP) is 1.94. The fraction of sp³-hybridized carbons (Fsp3) is 0.696. The van der Waals surface area contributed by atoms with Crippen molar-refractivity contribution < 1.29 is 17.9 Å². The molecule has 3 saturated heterocycles. The molecule has 2 spiro atoms. The summed E-state index contributed by atoms with van der Waals surface area (Å²) in [5.74, 6) is 0.302. The lowest BCUT2D eigenvalue weighted by Gasteiger charge is -2.43. The topological polar surface area (TPSA) is 70.2 Å². The van der Waals surface area contributed by atoms with E-state index in [1.54, 1.807) is 11.4 Å². The molecule has 0 radical (unpaired) electrons. The lowest BCUT2D eigenvalue weighted by Crippen LogP contribution is -2.52. The molecular formula is C23H35N3O4S. The average Bonchev–Trinajstić information content (AvgIpc) is 2.96. The Morgan fingerprint density at radius 1 is 1.00 bits per heavy atom. The van der Waals surface area contributed by atoms with Gasteiger partial charge in [0.15, 0.2) is 0 Å². The Morgan fingerprint density at radius 2 is 1.65 bits per heavy atom. The normalized spacial score (nSPS) is 24.3. The van der Waals surface area contributed by atoms with Crippen LogP contribution in [0, 0.1) is 5.41 Å². The highest BCUT2D eigenvalue weighted by Crippen LogP contribution is 2.52. The summed E-state index contributed by atoms with van der Waals surface area (Å²) in [5, 5.41) is 0. The molecule has 0 bridgehead atoms. The molecule has 0 aromatic heterocycles. The monoisotopic (exact) mass is 449 g/mol. The summed E-state index contributed by atoms with van der Waals surface area (Å²) in [6.45, 7) is 4.47. The van der Waals surface area contributed by atoms with Crippen molar-refractivity contribution in [1.29, 1.82) is 0 Å². The lowest BCUT2D eigenvalue weighted by atomic mass is 9.71. The second kappa shape index (κ2) is 8.81. The molecule has 0 unspecified atom stereocenters. The number of benzene rings is 1. The van der Waals surface area contributed by atoms with Crippen LogP contribution < -0.4 is 0 Å². The third-order valence-corrected chi connectivity index (χ3v) is 9.65. The molecule has 1 aromatic rings. The molecule has 8 heteroatoms. The standard InChI is InChI=1S/C23H35N3O4S/c1-24-21(27)22(8-12-25(13-9-22)16-17-30-2)19-23(24)10-14-26(15-11-23)31(28,29)18-20-6-4-3-5-7-20/h3-7H,8-19H2,1-2H3. The summed E-state index contributed by atoms with van der Waals surface area (Å²) in [6, 6.07) is 9.35. The number of nitrogens with zero attached hydrogens (tertiary/aromatic N) is 3. The maximum absolute atomic E-state index is 13.3. The first kappa shape index (κ1) is 22.7. The molecule has 1 amide bonds. The van der Waals surface area contributed by atoms with E-state index in [4.69, 9.17) is 4.74 Å². The van der Waals surface area contributed by atoms with E-state index in [0.717, 1.165) is 63.9 Å². The number of rotatable bonds is 6. The molecule has 0 atom stereocenters. The molecule has 7 nitrogen and oxygen atoms in total. The highest BCUT2D eigenvalue weighted by molar-refractivity contribution is 7.88. The highest BCUT2D eigenvalue weighted by Gasteiger charge is 2.59. The molecule has 31 heavy (non-hydrogen) atoms. The Kier molecular flexibility index (Phi) is 6.45. The van der Waals surface area contributed by atoms with Crippen LogP contribution in [0.5, 0.6) is 0 Å². The average molecular weight is 450 g/mol. The minimum Gasteiger partial charge on any atom is -0.383 e. The number of hydrogen-bond acceptors (Lipinski definition) is 5. The zero-order valence-electron chi connectivity index (χ0n) is 18.8. The first-order valence-electron chi connectivity index (χ1n) is 11.3. The van der Waals surface area contributed by atoms with Crippen LogP contribution in [-0.4, -0.2) is 87.5 Å². The molecule has 0 aliphatic carbocycles. The zero-order valence-corrected chi connectivity index (χ0v) is 19.6. The van der Waals surface area contributed by atoms with Crippen LogP contribution in [0.4, 0.5) is 0 Å². The number of carbonyl (C=O) groups excluding carboxylic acids is 1. The number of likely N-dealkylation sites (tertiary alicyclic amines) is 2. The van der Waals surface area contributed by atoms with Gasteiger partial charge in [0.1, 0.15) is 0 Å². The third kappa shape index (κ3) is 4.40. The smallest absolute Gasteiger partial charge is 0.229 e. The first-order valence-corrected chi connectivity index (χ1v) is 12.9. The fourth-order valence-corrected chi connectivity index (χ4v) is 7.32. The number of piperidine rings is 2. The Labute approximate surface area is 186 Å². The van der Waals surface area contributed by atoms with Crippen molar-refractivity contribution >= 4 is 15.9 Å². The fourth-order valence-electron chi connectivity index (χ4n) is 5.78. The number of methoxy groups -OCH3 is 1. The van der Waals surface area contributed by atoms with Gasteiger partial charge in [-0.15, -0.1) is 0 Å². The molecule has 3 fully saturated rings. The van der Waals surface area contributed by atoms with E-state index in [-0.39, 0.29) is 22.6 Å². The zero-order chi connectivity index (χ0) is 22.1. The molecule has 1 aromatic carbocycles. The van der Waals surface area contributed by atoms with Gasteiger partial charge in [-0.3, -0.25) is 4.79 Å². The minimum absolute atomic E-state index is 0.0385. The van der Waals surface area contributed by atoms with E-state index in [1.165, 1.54) is 0 Å². The second-order valence-electron chi connectivity index (χ2n) is 9.52. The van der Waals surface area contributed by atoms with E-state index < -0.39 is 10.0 Å². The second-order valence-corrected chi connectivity index (χ2v) is 11.5. The van der Waals surface area contributed by atoms with Gasteiger partial charge in [-0.05, 0) is 50.8 Å². The van der Waals surface area contributed by atoms with Gasteiger partial charge >= 0.3 is 0 Å². The van der Waals surface area contributed by atoms with Crippen LogP contribution in [0.3, 0.4) is 0 Å². The Bertz CT molecular complexity index is 873. The summed E-state index contributed by atoms with van der Waals surface area (Å²) < 4.78 is 32.7. The van der Waals surface area contributed by atoms with Crippen molar-refractivity contribution in [3.8, 4) is 0 Å². The van der Waals surface area contributed by atoms with Crippen LogP contribution >= 0.6 is 0 Å². The quantitative estimate of drug-likeness (QED) is 0.664. The molecular weight excluding hydrogens is 414 g/mol. The molecule has 0 N–H and O–H groups in total. The van der Waals surface area contributed by atoms with Crippen molar-refractivity contribution in [3.63, 3.8) is 0 Å². The van der Waals surface area contributed by atoms with Gasteiger partial charge in [0.05, 0.1) is 17.8 Å². The SMILES string of the molecule is COCCN1CCC2(CC1)CC1(CCN(S(=O)(=O)Cc3ccccc3)CC1)N(C)C2=O. The largest absolute Gasteiger partial charge is 0.383 e.